The van der Waals surface area contributed by atoms with Crippen LogP contribution in [0.25, 0.3) is 5.65 Å². The van der Waals surface area contributed by atoms with Crippen LogP contribution in [0.4, 0.5) is 0 Å². The summed E-state index contributed by atoms with van der Waals surface area (Å²) in [6.07, 6.45) is 1.68. The van der Waals surface area contributed by atoms with E-state index >= 15 is 0 Å². The third kappa shape index (κ3) is 1.62. The van der Waals surface area contributed by atoms with Gasteiger partial charge < -0.3 is 0 Å². The van der Waals surface area contributed by atoms with E-state index in [0.29, 0.717) is 5.15 Å². The molecule has 0 spiro atoms. The minimum absolute atomic E-state index is 0. The Morgan fingerprint density at radius 2 is 2.17 bits per heavy atom. The summed E-state index contributed by atoms with van der Waals surface area (Å²) >= 11 is 8.95. The molecule has 2 aromatic heterocycles. The number of hydrogen-bond acceptors (Lipinski definition) is 2. The molecule has 2 aromatic rings. The van der Waals surface area contributed by atoms with Gasteiger partial charge in [0.25, 0.3) is 0 Å². The summed E-state index contributed by atoms with van der Waals surface area (Å²) in [7, 11) is 0. The third-order valence-corrected chi connectivity index (χ3v) is 2.03. The van der Waals surface area contributed by atoms with Crippen molar-refractivity contribution in [2.75, 3.05) is 0 Å². The van der Waals surface area contributed by atoms with E-state index in [0.717, 1.165) is 10.3 Å². The fourth-order valence-electron chi connectivity index (χ4n) is 0.823. The van der Waals surface area contributed by atoms with Crippen molar-refractivity contribution >= 4 is 50.2 Å². The van der Waals surface area contributed by atoms with Gasteiger partial charge in [0.2, 0.25) is 0 Å². The van der Waals surface area contributed by atoms with E-state index in [1.54, 1.807) is 22.8 Å². The van der Waals surface area contributed by atoms with Gasteiger partial charge in [-0.15, -0.1) is 17.0 Å². The number of halogens is 3. The van der Waals surface area contributed by atoms with Crippen LogP contribution >= 0.6 is 44.5 Å². The van der Waals surface area contributed by atoms with Gasteiger partial charge in [-0.2, -0.15) is 5.10 Å². The average molecular weight is 313 g/mol. The number of aromatic nitrogens is 3. The van der Waals surface area contributed by atoms with Crippen LogP contribution in [-0.2, 0) is 0 Å². The maximum atomic E-state index is 5.67. The summed E-state index contributed by atoms with van der Waals surface area (Å²) in [4.78, 5) is 4.05. The zero-order valence-electron chi connectivity index (χ0n) is 5.74. The van der Waals surface area contributed by atoms with Gasteiger partial charge in [-0.1, -0.05) is 11.6 Å². The lowest BCUT2D eigenvalue weighted by atomic mass is 10.6. The minimum Gasteiger partial charge on any atom is -0.234 e. The van der Waals surface area contributed by atoms with E-state index in [1.807, 2.05) is 0 Å². The summed E-state index contributed by atoms with van der Waals surface area (Å²) in [6, 6.07) is 3.51. The molecular weight excluding hydrogens is 309 g/mol. The van der Waals surface area contributed by atoms with Crippen LogP contribution < -0.4 is 0 Å². The Kier molecular flexibility index (Phi) is 3.09. The fourth-order valence-corrected chi connectivity index (χ4v) is 1.32. The van der Waals surface area contributed by atoms with Gasteiger partial charge in [-0.25, -0.2) is 9.50 Å². The van der Waals surface area contributed by atoms with Crippen molar-refractivity contribution in [2.45, 2.75) is 0 Å². The first-order chi connectivity index (χ1) is 5.27. The standard InChI is InChI=1S/C6H3BrClN3.BrH/c7-4-3-9-6-2-1-5(8)10-11(4)6;/h1-3H;1H. The molecule has 2 rings (SSSR count). The maximum Gasteiger partial charge on any atom is 0.154 e. The van der Waals surface area contributed by atoms with Crippen LogP contribution in [-0.4, -0.2) is 14.6 Å². The Balaban J connectivity index is 0.000000720. The molecule has 12 heavy (non-hydrogen) atoms. The molecule has 0 saturated carbocycles. The molecule has 0 aromatic carbocycles. The summed E-state index contributed by atoms with van der Waals surface area (Å²) in [6.45, 7) is 0. The molecule has 0 atom stereocenters. The van der Waals surface area contributed by atoms with E-state index in [9.17, 15) is 0 Å². The highest BCUT2D eigenvalue weighted by molar-refractivity contribution is 9.10. The first kappa shape index (κ1) is 9.95. The second kappa shape index (κ2) is 3.72. The van der Waals surface area contributed by atoms with Crippen molar-refractivity contribution in [2.24, 2.45) is 0 Å². The van der Waals surface area contributed by atoms with Gasteiger partial charge in [0.15, 0.2) is 5.65 Å². The number of rotatable bonds is 0. The Labute approximate surface area is 92.6 Å². The largest absolute Gasteiger partial charge is 0.234 e. The minimum atomic E-state index is 0. The second-order valence-corrected chi connectivity index (χ2v) is 3.21. The van der Waals surface area contributed by atoms with Gasteiger partial charge in [0.1, 0.15) is 9.76 Å². The number of imidazole rings is 1. The Morgan fingerprint density at radius 1 is 1.42 bits per heavy atom. The lowest BCUT2D eigenvalue weighted by molar-refractivity contribution is 0.916. The molecule has 64 valence electrons. The first-order valence-corrected chi connectivity index (χ1v) is 4.10. The van der Waals surface area contributed by atoms with E-state index < -0.39 is 0 Å². The van der Waals surface area contributed by atoms with Crippen molar-refractivity contribution in [1.29, 1.82) is 0 Å². The first-order valence-electron chi connectivity index (χ1n) is 2.93. The van der Waals surface area contributed by atoms with Gasteiger partial charge in [-0.05, 0) is 28.1 Å². The van der Waals surface area contributed by atoms with Crippen molar-refractivity contribution in [3.8, 4) is 0 Å². The Morgan fingerprint density at radius 3 is 2.92 bits per heavy atom. The zero-order chi connectivity index (χ0) is 7.84. The molecule has 0 aliphatic heterocycles. The molecule has 3 nitrogen and oxygen atoms in total. The van der Waals surface area contributed by atoms with Crippen LogP contribution in [0.5, 0.6) is 0 Å². The average Bonchev–Trinajstić information content (AvgIpc) is 2.33. The van der Waals surface area contributed by atoms with Crippen molar-refractivity contribution in [1.82, 2.24) is 14.6 Å². The highest BCUT2D eigenvalue weighted by Gasteiger charge is 2.00. The molecule has 0 aliphatic carbocycles. The van der Waals surface area contributed by atoms with Gasteiger partial charge in [0.05, 0.1) is 6.20 Å². The molecule has 0 amide bonds. The monoisotopic (exact) mass is 311 g/mol. The van der Waals surface area contributed by atoms with Crippen molar-refractivity contribution in [3.05, 3.63) is 28.1 Å². The van der Waals surface area contributed by atoms with Crippen LogP contribution in [0.1, 0.15) is 0 Å². The van der Waals surface area contributed by atoms with Gasteiger partial charge in [-0.3, -0.25) is 0 Å². The van der Waals surface area contributed by atoms with Crippen LogP contribution in [0, 0.1) is 0 Å². The quantitative estimate of drug-likeness (QED) is 0.748. The number of hydrogen-bond donors (Lipinski definition) is 0. The van der Waals surface area contributed by atoms with Gasteiger partial charge in [0, 0.05) is 0 Å². The van der Waals surface area contributed by atoms with E-state index in [4.69, 9.17) is 11.6 Å². The molecule has 0 saturated heterocycles. The van der Waals surface area contributed by atoms with Crippen molar-refractivity contribution in [3.63, 3.8) is 0 Å². The molecule has 0 radical (unpaired) electrons. The fraction of sp³-hybridized carbons (Fsp3) is 0. The number of nitrogens with zero attached hydrogens (tertiary/aromatic N) is 3. The van der Waals surface area contributed by atoms with Crippen LogP contribution in [0.2, 0.25) is 5.15 Å². The molecule has 0 N–H and O–H groups in total. The molecule has 6 heteroatoms. The highest BCUT2D eigenvalue weighted by Crippen LogP contribution is 2.12. The number of fused-ring (bicyclic) bond motifs is 1. The second-order valence-electron chi connectivity index (χ2n) is 2.01. The van der Waals surface area contributed by atoms with Gasteiger partial charge >= 0.3 is 0 Å². The lowest BCUT2D eigenvalue weighted by Crippen LogP contribution is -1.90. The molecule has 0 bridgehead atoms. The molecule has 2 heterocycles. The van der Waals surface area contributed by atoms with Crippen LogP contribution in [0.15, 0.2) is 22.9 Å². The van der Waals surface area contributed by atoms with E-state index in [1.165, 1.54) is 0 Å². The summed E-state index contributed by atoms with van der Waals surface area (Å²) < 4.78 is 2.43. The predicted molar refractivity (Wildman–Crippen MR) is 56.0 cm³/mol. The SMILES string of the molecule is Br.Clc1ccc2ncc(Br)n2n1. The highest BCUT2D eigenvalue weighted by atomic mass is 79.9. The smallest absolute Gasteiger partial charge is 0.154 e. The van der Waals surface area contributed by atoms with Crippen LogP contribution in [0.3, 0.4) is 0 Å². The Bertz CT molecular complexity index is 401. The summed E-state index contributed by atoms with van der Waals surface area (Å²) in [5.74, 6) is 0. The molecule has 0 aliphatic rings. The Hall–Kier alpha value is -0.130. The normalized spacial score (nSPS) is 9.83. The molecule has 0 fully saturated rings. The van der Waals surface area contributed by atoms with E-state index in [-0.39, 0.29) is 17.0 Å². The zero-order valence-corrected chi connectivity index (χ0v) is 9.79. The predicted octanol–water partition coefficient (Wildman–Crippen LogP) is 2.72. The molecular formula is C6H4Br2ClN3. The van der Waals surface area contributed by atoms with E-state index in [2.05, 4.69) is 26.0 Å². The summed E-state index contributed by atoms with van der Waals surface area (Å²) in [5.41, 5.74) is 0.779. The third-order valence-electron chi connectivity index (χ3n) is 1.29. The topological polar surface area (TPSA) is 30.2 Å². The lowest BCUT2D eigenvalue weighted by Gasteiger charge is -1.92. The maximum absolute atomic E-state index is 5.67. The summed E-state index contributed by atoms with van der Waals surface area (Å²) in [5, 5.41) is 4.46. The molecule has 0 unspecified atom stereocenters. The van der Waals surface area contributed by atoms with Crippen molar-refractivity contribution < 1.29 is 0 Å².